The second-order valence-electron chi connectivity index (χ2n) is 4.28. The first-order chi connectivity index (χ1) is 7.18. The summed E-state index contributed by atoms with van der Waals surface area (Å²) in [7, 11) is 0. The quantitative estimate of drug-likeness (QED) is 0.801. The summed E-state index contributed by atoms with van der Waals surface area (Å²) < 4.78 is 18.7. The standard InChI is InChI=1S/C12H16FNO/c1-12(9-14-5-6-15-12)8-10-3-2-4-11(13)7-10/h2-4,7,14H,5-6,8-9H2,1H3. The van der Waals surface area contributed by atoms with Crippen LogP contribution < -0.4 is 5.32 Å². The molecular weight excluding hydrogens is 193 g/mol. The van der Waals surface area contributed by atoms with Crippen LogP contribution in [0, 0.1) is 5.82 Å². The van der Waals surface area contributed by atoms with Gasteiger partial charge in [0.05, 0.1) is 12.2 Å². The molecule has 2 nitrogen and oxygen atoms in total. The Kier molecular flexibility index (Phi) is 3.03. The fourth-order valence-electron chi connectivity index (χ4n) is 1.97. The first-order valence-electron chi connectivity index (χ1n) is 5.27. The Morgan fingerprint density at radius 2 is 2.40 bits per heavy atom. The van der Waals surface area contributed by atoms with Crippen molar-refractivity contribution in [2.45, 2.75) is 18.9 Å². The van der Waals surface area contributed by atoms with Crippen molar-refractivity contribution in [3.63, 3.8) is 0 Å². The summed E-state index contributed by atoms with van der Waals surface area (Å²) >= 11 is 0. The molecule has 1 saturated heterocycles. The number of hydrogen-bond donors (Lipinski definition) is 1. The van der Waals surface area contributed by atoms with Gasteiger partial charge in [0.25, 0.3) is 0 Å². The molecule has 1 atom stereocenters. The van der Waals surface area contributed by atoms with E-state index in [0.717, 1.165) is 31.7 Å². The normalized spacial score (nSPS) is 26.5. The van der Waals surface area contributed by atoms with Crippen LogP contribution in [-0.2, 0) is 11.2 Å². The van der Waals surface area contributed by atoms with Crippen LogP contribution in [0.1, 0.15) is 12.5 Å². The molecule has 0 spiro atoms. The van der Waals surface area contributed by atoms with E-state index in [-0.39, 0.29) is 11.4 Å². The highest BCUT2D eigenvalue weighted by Gasteiger charge is 2.27. The highest BCUT2D eigenvalue weighted by atomic mass is 19.1. The number of nitrogens with one attached hydrogen (secondary N) is 1. The van der Waals surface area contributed by atoms with E-state index in [1.165, 1.54) is 6.07 Å². The highest BCUT2D eigenvalue weighted by Crippen LogP contribution is 2.19. The minimum absolute atomic E-state index is 0.181. The SMILES string of the molecule is CC1(Cc2cccc(F)c2)CNCCO1. The van der Waals surface area contributed by atoms with Crippen LogP contribution >= 0.6 is 0 Å². The molecule has 1 aromatic carbocycles. The molecule has 1 aromatic rings. The van der Waals surface area contributed by atoms with Crippen molar-refractivity contribution in [1.29, 1.82) is 0 Å². The smallest absolute Gasteiger partial charge is 0.123 e. The van der Waals surface area contributed by atoms with Gasteiger partial charge in [0.1, 0.15) is 5.82 Å². The summed E-state index contributed by atoms with van der Waals surface area (Å²) in [4.78, 5) is 0. The van der Waals surface area contributed by atoms with Gasteiger partial charge in [-0.05, 0) is 24.6 Å². The lowest BCUT2D eigenvalue weighted by Gasteiger charge is -2.34. The summed E-state index contributed by atoms with van der Waals surface area (Å²) in [6.45, 7) is 4.51. The Bertz CT molecular complexity index is 334. The number of ether oxygens (including phenoxy) is 1. The molecule has 1 fully saturated rings. The summed E-state index contributed by atoms with van der Waals surface area (Å²) in [6.07, 6.45) is 0.748. The van der Waals surface area contributed by atoms with E-state index in [1.807, 2.05) is 6.07 Å². The zero-order valence-corrected chi connectivity index (χ0v) is 8.92. The van der Waals surface area contributed by atoms with E-state index < -0.39 is 0 Å². The van der Waals surface area contributed by atoms with E-state index >= 15 is 0 Å². The van der Waals surface area contributed by atoms with Crippen molar-refractivity contribution < 1.29 is 9.13 Å². The third kappa shape index (κ3) is 2.76. The van der Waals surface area contributed by atoms with Gasteiger partial charge in [-0.3, -0.25) is 0 Å². The fourth-order valence-corrected chi connectivity index (χ4v) is 1.97. The number of halogens is 1. The summed E-state index contributed by atoms with van der Waals surface area (Å²) in [5, 5.41) is 3.29. The van der Waals surface area contributed by atoms with Gasteiger partial charge < -0.3 is 10.1 Å². The molecule has 0 aliphatic carbocycles. The van der Waals surface area contributed by atoms with Crippen molar-refractivity contribution in [2.75, 3.05) is 19.7 Å². The molecule has 1 unspecified atom stereocenters. The zero-order chi connectivity index (χ0) is 10.7. The molecule has 1 N–H and O–H groups in total. The van der Waals surface area contributed by atoms with Crippen molar-refractivity contribution >= 4 is 0 Å². The van der Waals surface area contributed by atoms with Crippen molar-refractivity contribution in [3.05, 3.63) is 35.6 Å². The molecule has 1 heterocycles. The first kappa shape index (κ1) is 10.6. The van der Waals surface area contributed by atoms with Crippen molar-refractivity contribution in [2.24, 2.45) is 0 Å². The Hall–Kier alpha value is -0.930. The second kappa shape index (κ2) is 4.29. The summed E-state index contributed by atoms with van der Waals surface area (Å²) in [6, 6.07) is 6.71. The van der Waals surface area contributed by atoms with Crippen LogP contribution in [-0.4, -0.2) is 25.3 Å². The average molecular weight is 209 g/mol. The Labute approximate surface area is 89.4 Å². The zero-order valence-electron chi connectivity index (χ0n) is 8.92. The predicted molar refractivity (Wildman–Crippen MR) is 57.3 cm³/mol. The topological polar surface area (TPSA) is 21.3 Å². The number of benzene rings is 1. The van der Waals surface area contributed by atoms with E-state index in [1.54, 1.807) is 12.1 Å². The number of rotatable bonds is 2. The van der Waals surface area contributed by atoms with Crippen LogP contribution in [0.2, 0.25) is 0 Å². The third-order valence-corrected chi connectivity index (χ3v) is 2.70. The predicted octanol–water partition coefficient (Wildman–Crippen LogP) is 1.75. The van der Waals surface area contributed by atoms with E-state index in [4.69, 9.17) is 4.74 Å². The van der Waals surface area contributed by atoms with Crippen LogP contribution in [0.4, 0.5) is 4.39 Å². The minimum atomic E-state index is -0.202. The lowest BCUT2D eigenvalue weighted by atomic mass is 9.95. The van der Waals surface area contributed by atoms with Crippen LogP contribution in [0.15, 0.2) is 24.3 Å². The van der Waals surface area contributed by atoms with Gasteiger partial charge in [-0.15, -0.1) is 0 Å². The van der Waals surface area contributed by atoms with E-state index in [9.17, 15) is 4.39 Å². The number of hydrogen-bond acceptors (Lipinski definition) is 2. The van der Waals surface area contributed by atoms with Gasteiger partial charge in [-0.2, -0.15) is 0 Å². The molecule has 0 amide bonds. The third-order valence-electron chi connectivity index (χ3n) is 2.70. The molecule has 82 valence electrons. The Morgan fingerprint density at radius 1 is 1.53 bits per heavy atom. The molecule has 0 bridgehead atoms. The van der Waals surface area contributed by atoms with Gasteiger partial charge in [0, 0.05) is 19.5 Å². The van der Waals surface area contributed by atoms with Gasteiger partial charge in [0.2, 0.25) is 0 Å². The fraction of sp³-hybridized carbons (Fsp3) is 0.500. The largest absolute Gasteiger partial charge is 0.372 e. The lowest BCUT2D eigenvalue weighted by molar-refractivity contribution is -0.0517. The van der Waals surface area contributed by atoms with E-state index in [2.05, 4.69) is 12.2 Å². The molecule has 1 aliphatic heterocycles. The maximum absolute atomic E-state index is 13.0. The average Bonchev–Trinajstić information content (AvgIpc) is 2.18. The van der Waals surface area contributed by atoms with Crippen molar-refractivity contribution in [3.8, 4) is 0 Å². The van der Waals surface area contributed by atoms with Gasteiger partial charge in [-0.1, -0.05) is 12.1 Å². The van der Waals surface area contributed by atoms with Crippen LogP contribution in [0.25, 0.3) is 0 Å². The highest BCUT2D eigenvalue weighted by molar-refractivity contribution is 5.18. The lowest BCUT2D eigenvalue weighted by Crippen LogP contribution is -2.49. The summed E-state index contributed by atoms with van der Waals surface area (Å²) in [5.74, 6) is -0.181. The summed E-state index contributed by atoms with van der Waals surface area (Å²) in [5.41, 5.74) is 0.785. The monoisotopic (exact) mass is 209 g/mol. The molecule has 3 heteroatoms. The molecule has 0 saturated carbocycles. The van der Waals surface area contributed by atoms with Gasteiger partial charge >= 0.3 is 0 Å². The molecule has 0 aromatic heterocycles. The Balaban J connectivity index is 2.06. The maximum Gasteiger partial charge on any atom is 0.123 e. The Morgan fingerprint density at radius 3 is 3.07 bits per heavy atom. The molecular formula is C12H16FNO. The molecule has 2 rings (SSSR count). The van der Waals surface area contributed by atoms with Gasteiger partial charge in [-0.25, -0.2) is 4.39 Å². The molecule has 1 aliphatic rings. The second-order valence-corrected chi connectivity index (χ2v) is 4.28. The molecule has 0 radical (unpaired) electrons. The minimum Gasteiger partial charge on any atom is -0.372 e. The van der Waals surface area contributed by atoms with Gasteiger partial charge in [0.15, 0.2) is 0 Å². The first-order valence-corrected chi connectivity index (χ1v) is 5.27. The van der Waals surface area contributed by atoms with E-state index in [0.29, 0.717) is 0 Å². The number of morpholine rings is 1. The molecule has 15 heavy (non-hydrogen) atoms. The van der Waals surface area contributed by atoms with Crippen LogP contribution in [0.3, 0.4) is 0 Å². The van der Waals surface area contributed by atoms with Crippen LogP contribution in [0.5, 0.6) is 0 Å². The van der Waals surface area contributed by atoms with Crippen molar-refractivity contribution in [1.82, 2.24) is 5.32 Å². The maximum atomic E-state index is 13.0.